The molecule has 0 saturated carbocycles. The zero-order valence-corrected chi connectivity index (χ0v) is 21.8. The molecule has 2 aromatic carbocycles. The van der Waals surface area contributed by atoms with Gasteiger partial charge in [-0.05, 0) is 46.8 Å². The average molecular weight is 526 g/mol. The zero-order valence-electron chi connectivity index (χ0n) is 20.3. The van der Waals surface area contributed by atoms with Crippen LogP contribution in [0.4, 0.5) is 11.4 Å². The minimum Gasteiger partial charge on any atom is -0.494 e. The van der Waals surface area contributed by atoms with Crippen LogP contribution in [-0.4, -0.2) is 44.2 Å². The van der Waals surface area contributed by atoms with E-state index >= 15 is 0 Å². The molecule has 2 aromatic rings. The smallest absolute Gasteiger partial charge is 0.258 e. The minimum absolute atomic E-state index is 0.176. The second-order valence-corrected chi connectivity index (χ2v) is 7.74. The number of ketones is 1. The predicted molar refractivity (Wildman–Crippen MR) is 135 cm³/mol. The fourth-order valence-electron chi connectivity index (χ4n) is 2.99. The fraction of sp³-hybridized carbons (Fsp3) is 0.417. The Bertz CT molecular complexity index is 1080. The lowest BCUT2D eigenvalue weighted by Crippen LogP contribution is -2.32. The lowest BCUT2D eigenvalue weighted by molar-refractivity contribution is -0.126. The number of anilines is 1. The molecule has 11 heteroatoms. The Labute approximate surface area is 214 Å². The van der Waals surface area contributed by atoms with Gasteiger partial charge in [0.1, 0.15) is 22.2 Å². The molecule has 1 unspecified atom stereocenters. The van der Waals surface area contributed by atoms with Crippen LogP contribution in [-0.2, 0) is 9.59 Å². The van der Waals surface area contributed by atoms with Gasteiger partial charge < -0.3 is 24.3 Å². The van der Waals surface area contributed by atoms with Crippen molar-refractivity contribution < 1.29 is 28.5 Å². The molecule has 35 heavy (non-hydrogen) atoms. The van der Waals surface area contributed by atoms with E-state index in [1.807, 2.05) is 13.8 Å². The van der Waals surface area contributed by atoms with Gasteiger partial charge in [-0.2, -0.15) is 5.11 Å². The Morgan fingerprint density at radius 1 is 0.914 bits per heavy atom. The van der Waals surface area contributed by atoms with Crippen molar-refractivity contribution in [2.24, 2.45) is 10.2 Å². The summed E-state index contributed by atoms with van der Waals surface area (Å²) in [6.45, 7) is 9.95. The summed E-state index contributed by atoms with van der Waals surface area (Å²) in [5.74, 6) is 0.194. The second-order valence-electron chi connectivity index (χ2n) is 6.96. The molecule has 0 saturated heterocycles. The number of rotatable bonds is 13. The third-order valence-corrected chi connectivity index (χ3v) is 5.07. The van der Waals surface area contributed by atoms with Crippen LogP contribution in [0.5, 0.6) is 23.0 Å². The number of amides is 1. The van der Waals surface area contributed by atoms with E-state index in [-0.39, 0.29) is 27.2 Å². The molecule has 2 rings (SSSR count). The summed E-state index contributed by atoms with van der Waals surface area (Å²) >= 11 is 12.7. The third-order valence-electron chi connectivity index (χ3n) is 4.43. The maximum absolute atomic E-state index is 13.0. The van der Waals surface area contributed by atoms with Crippen molar-refractivity contribution >= 4 is 46.3 Å². The Morgan fingerprint density at radius 2 is 1.54 bits per heavy atom. The first-order chi connectivity index (χ1) is 16.8. The van der Waals surface area contributed by atoms with Crippen LogP contribution in [0.1, 0.15) is 34.6 Å². The van der Waals surface area contributed by atoms with Crippen molar-refractivity contribution in [1.29, 1.82) is 0 Å². The monoisotopic (exact) mass is 525 g/mol. The lowest BCUT2D eigenvalue weighted by Gasteiger charge is -2.17. The highest BCUT2D eigenvalue weighted by molar-refractivity contribution is 6.34. The zero-order chi connectivity index (χ0) is 26.0. The van der Waals surface area contributed by atoms with E-state index in [1.165, 1.54) is 6.92 Å². The normalized spacial score (nSPS) is 11.7. The number of halogens is 2. The van der Waals surface area contributed by atoms with E-state index in [0.29, 0.717) is 43.7 Å². The van der Waals surface area contributed by atoms with Crippen LogP contribution in [0.2, 0.25) is 10.0 Å². The van der Waals surface area contributed by atoms with Gasteiger partial charge in [-0.25, -0.2) is 0 Å². The lowest BCUT2D eigenvalue weighted by atomic mass is 10.2. The molecule has 0 aliphatic carbocycles. The number of azo groups is 1. The summed E-state index contributed by atoms with van der Waals surface area (Å²) in [6, 6.07) is 4.90. The Morgan fingerprint density at radius 3 is 2.14 bits per heavy atom. The van der Waals surface area contributed by atoms with Crippen molar-refractivity contribution in [2.45, 2.75) is 40.7 Å². The van der Waals surface area contributed by atoms with Crippen molar-refractivity contribution in [3.05, 3.63) is 34.3 Å². The summed E-state index contributed by atoms with van der Waals surface area (Å²) in [5, 5.41) is 11.1. The molecule has 1 atom stereocenters. The molecule has 0 spiro atoms. The first-order valence-corrected chi connectivity index (χ1v) is 11.9. The van der Waals surface area contributed by atoms with Gasteiger partial charge in [-0.15, -0.1) is 5.11 Å². The van der Waals surface area contributed by atoms with Gasteiger partial charge in [0.25, 0.3) is 5.91 Å². The van der Waals surface area contributed by atoms with Gasteiger partial charge in [-0.3, -0.25) is 9.59 Å². The topological polar surface area (TPSA) is 108 Å². The number of benzene rings is 2. The number of ether oxygens (including phenoxy) is 4. The van der Waals surface area contributed by atoms with E-state index in [0.717, 1.165) is 0 Å². The predicted octanol–water partition coefficient (Wildman–Crippen LogP) is 6.27. The molecule has 0 aromatic heterocycles. The number of hydrogen-bond acceptors (Lipinski definition) is 8. The molecular formula is C24H29Cl2N3O6. The van der Waals surface area contributed by atoms with E-state index < -0.39 is 17.7 Å². The highest BCUT2D eigenvalue weighted by Gasteiger charge is 2.26. The molecule has 0 radical (unpaired) electrons. The molecule has 190 valence electrons. The van der Waals surface area contributed by atoms with Gasteiger partial charge in [0.2, 0.25) is 6.04 Å². The van der Waals surface area contributed by atoms with Crippen LogP contribution in [0.3, 0.4) is 0 Å². The van der Waals surface area contributed by atoms with Crippen LogP contribution >= 0.6 is 23.2 Å². The Kier molecular flexibility index (Phi) is 11.1. The summed E-state index contributed by atoms with van der Waals surface area (Å²) < 4.78 is 22.1. The largest absolute Gasteiger partial charge is 0.494 e. The number of nitrogens with zero attached hydrogens (tertiary/aromatic N) is 2. The minimum atomic E-state index is -1.45. The fourth-order valence-corrected chi connectivity index (χ4v) is 3.50. The van der Waals surface area contributed by atoms with E-state index in [1.54, 1.807) is 38.1 Å². The van der Waals surface area contributed by atoms with Crippen LogP contribution in [0, 0.1) is 0 Å². The molecule has 0 aliphatic rings. The molecule has 0 bridgehead atoms. The summed E-state index contributed by atoms with van der Waals surface area (Å²) in [4.78, 5) is 25.3. The van der Waals surface area contributed by atoms with E-state index in [9.17, 15) is 9.59 Å². The Hall–Kier alpha value is -3.04. The van der Waals surface area contributed by atoms with Gasteiger partial charge in [0.05, 0.1) is 37.1 Å². The highest BCUT2D eigenvalue weighted by atomic mass is 35.5. The first kappa shape index (κ1) is 28.2. The van der Waals surface area contributed by atoms with Gasteiger partial charge in [-0.1, -0.05) is 23.2 Å². The molecule has 1 amide bonds. The molecule has 0 heterocycles. The van der Waals surface area contributed by atoms with Crippen molar-refractivity contribution in [2.75, 3.05) is 31.7 Å². The number of nitrogens with one attached hydrogen (secondary N) is 1. The van der Waals surface area contributed by atoms with Gasteiger partial charge in [0.15, 0.2) is 17.3 Å². The van der Waals surface area contributed by atoms with Gasteiger partial charge in [0, 0.05) is 12.1 Å². The SMILES string of the molecule is CCOc1cc(Cl)c(N=NC(C(C)=O)C(=O)Nc2ccc(OCC)c(Cl)c2OCC)c(OCC)c1. The molecule has 0 aliphatic heterocycles. The van der Waals surface area contributed by atoms with Crippen molar-refractivity contribution in [3.8, 4) is 23.0 Å². The Balaban J connectivity index is 2.37. The van der Waals surface area contributed by atoms with E-state index in [2.05, 4.69) is 15.5 Å². The number of carbonyl (C=O) groups excluding carboxylic acids is 2. The maximum atomic E-state index is 13.0. The third kappa shape index (κ3) is 7.47. The average Bonchev–Trinajstić information content (AvgIpc) is 2.80. The van der Waals surface area contributed by atoms with Crippen molar-refractivity contribution in [3.63, 3.8) is 0 Å². The summed E-state index contributed by atoms with van der Waals surface area (Å²) in [7, 11) is 0. The number of hydrogen-bond donors (Lipinski definition) is 1. The van der Waals surface area contributed by atoms with Crippen LogP contribution < -0.4 is 24.3 Å². The van der Waals surface area contributed by atoms with Crippen LogP contribution in [0.25, 0.3) is 0 Å². The highest BCUT2D eigenvalue weighted by Crippen LogP contribution is 2.41. The van der Waals surface area contributed by atoms with Crippen LogP contribution in [0.15, 0.2) is 34.5 Å². The summed E-state index contributed by atoms with van der Waals surface area (Å²) in [5.41, 5.74) is 0.441. The summed E-state index contributed by atoms with van der Waals surface area (Å²) in [6.07, 6.45) is 0. The molecule has 1 N–H and O–H groups in total. The molecule has 9 nitrogen and oxygen atoms in total. The number of Topliss-reactive ketones (excluding diaryl/α,β-unsaturated/α-hetero) is 1. The molecule has 0 fully saturated rings. The maximum Gasteiger partial charge on any atom is 0.258 e. The first-order valence-electron chi connectivity index (χ1n) is 11.2. The standard InChI is InChI=1S/C24H29Cl2N3O6/c1-6-32-15-12-16(25)22(19(13-15)34-8-3)29-28-21(14(5)30)24(31)27-17-10-11-18(33-7-2)20(26)23(17)35-9-4/h10-13,21H,6-9H2,1-5H3,(H,27,31). The second kappa shape index (κ2) is 13.7. The number of carbonyl (C=O) groups is 2. The molecular weight excluding hydrogens is 497 g/mol. The van der Waals surface area contributed by atoms with E-state index in [4.69, 9.17) is 42.1 Å². The van der Waals surface area contributed by atoms with Gasteiger partial charge >= 0.3 is 0 Å². The van der Waals surface area contributed by atoms with Crippen molar-refractivity contribution in [1.82, 2.24) is 0 Å². The quantitative estimate of drug-likeness (QED) is 0.244.